The zero-order chi connectivity index (χ0) is 19.4. The Labute approximate surface area is 165 Å². The Hall–Kier alpha value is -2.09. The van der Waals surface area contributed by atoms with Gasteiger partial charge >= 0.3 is 0 Å². The second kappa shape index (κ2) is 8.51. The number of hydrogen-bond donors (Lipinski definition) is 1. The highest BCUT2D eigenvalue weighted by Crippen LogP contribution is 2.24. The van der Waals surface area contributed by atoms with E-state index in [-0.39, 0.29) is 5.56 Å². The number of piperidine rings is 1. The molecule has 0 amide bonds. The minimum atomic E-state index is -0.706. The highest BCUT2D eigenvalue weighted by atomic mass is 16.5. The topological polar surface area (TPSA) is 80.5 Å². The number of nitrogens with zero attached hydrogens (tertiary/aromatic N) is 4. The summed E-state index contributed by atoms with van der Waals surface area (Å²) >= 11 is 0. The van der Waals surface area contributed by atoms with E-state index >= 15 is 0 Å². The molecule has 1 unspecified atom stereocenters. The van der Waals surface area contributed by atoms with Crippen LogP contribution in [0.2, 0.25) is 0 Å². The quantitative estimate of drug-likeness (QED) is 0.843. The molecule has 2 aromatic rings. The largest absolute Gasteiger partial charge is 0.386 e. The first kappa shape index (κ1) is 19.2. The highest BCUT2D eigenvalue weighted by Gasteiger charge is 2.33. The maximum absolute atomic E-state index is 12.3. The van der Waals surface area contributed by atoms with Gasteiger partial charge in [-0.2, -0.15) is 5.10 Å². The van der Waals surface area contributed by atoms with Crippen LogP contribution in [0.15, 0.2) is 41.5 Å². The first-order chi connectivity index (χ1) is 13.6. The molecule has 0 saturated carbocycles. The molecule has 28 heavy (non-hydrogen) atoms. The molecule has 2 aromatic heterocycles. The van der Waals surface area contributed by atoms with Crippen molar-refractivity contribution >= 4 is 0 Å². The van der Waals surface area contributed by atoms with E-state index in [1.54, 1.807) is 29.2 Å². The molecule has 4 heterocycles. The number of β-amino-alcohol motifs (C(OH)–C–C–N with tert-alkyl or cyclic N) is 1. The van der Waals surface area contributed by atoms with Crippen molar-refractivity contribution in [3.05, 3.63) is 47.0 Å². The van der Waals surface area contributed by atoms with E-state index in [2.05, 4.69) is 15.0 Å². The summed E-state index contributed by atoms with van der Waals surface area (Å²) in [6, 6.07) is 7.16. The van der Waals surface area contributed by atoms with Gasteiger partial charge in [-0.1, -0.05) is 0 Å². The molecule has 1 atom stereocenters. The summed E-state index contributed by atoms with van der Waals surface area (Å²) in [5, 5.41) is 15.2. The van der Waals surface area contributed by atoms with E-state index in [0.29, 0.717) is 25.6 Å². The van der Waals surface area contributed by atoms with Crippen molar-refractivity contribution in [3.63, 3.8) is 0 Å². The van der Waals surface area contributed by atoms with Crippen molar-refractivity contribution in [1.82, 2.24) is 19.7 Å². The Morgan fingerprint density at radius 3 is 2.68 bits per heavy atom. The molecule has 0 aromatic carbocycles. The van der Waals surface area contributed by atoms with Crippen molar-refractivity contribution in [2.75, 3.05) is 32.8 Å². The lowest BCUT2D eigenvalue weighted by Gasteiger charge is -2.39. The van der Waals surface area contributed by atoms with Gasteiger partial charge in [0.2, 0.25) is 0 Å². The Morgan fingerprint density at radius 2 is 1.96 bits per heavy atom. The molecule has 2 aliphatic heterocycles. The van der Waals surface area contributed by atoms with Gasteiger partial charge in [0, 0.05) is 43.7 Å². The summed E-state index contributed by atoms with van der Waals surface area (Å²) in [6.07, 6.45) is 7.21. The molecule has 0 aliphatic carbocycles. The average Bonchev–Trinajstić information content (AvgIpc) is 2.72. The van der Waals surface area contributed by atoms with Crippen LogP contribution in [0.4, 0.5) is 0 Å². The van der Waals surface area contributed by atoms with Crippen molar-refractivity contribution in [2.24, 2.45) is 5.92 Å². The van der Waals surface area contributed by atoms with E-state index in [0.717, 1.165) is 56.6 Å². The van der Waals surface area contributed by atoms with Crippen LogP contribution < -0.4 is 5.56 Å². The van der Waals surface area contributed by atoms with Crippen molar-refractivity contribution in [3.8, 4) is 11.3 Å². The molecule has 1 N–H and O–H groups in total. The van der Waals surface area contributed by atoms with Crippen LogP contribution in [0.3, 0.4) is 0 Å². The van der Waals surface area contributed by atoms with Gasteiger partial charge < -0.3 is 14.7 Å². The van der Waals surface area contributed by atoms with Crippen LogP contribution in [-0.2, 0) is 11.3 Å². The number of likely N-dealkylation sites (tertiary alicyclic amines) is 1. The summed E-state index contributed by atoms with van der Waals surface area (Å²) in [7, 11) is 0. The number of pyridine rings is 1. The smallest absolute Gasteiger partial charge is 0.266 e. The summed E-state index contributed by atoms with van der Waals surface area (Å²) < 4.78 is 7.06. The second-order valence-electron chi connectivity index (χ2n) is 8.07. The van der Waals surface area contributed by atoms with E-state index < -0.39 is 5.60 Å². The number of ether oxygens (including phenoxy) is 1. The van der Waals surface area contributed by atoms with Gasteiger partial charge in [-0.3, -0.25) is 9.78 Å². The number of hydrogen-bond acceptors (Lipinski definition) is 6. The van der Waals surface area contributed by atoms with Gasteiger partial charge in [0.15, 0.2) is 0 Å². The normalized spacial score (nSPS) is 24.3. The van der Waals surface area contributed by atoms with E-state index in [1.165, 1.54) is 0 Å². The van der Waals surface area contributed by atoms with Gasteiger partial charge in [-0.05, 0) is 62.9 Å². The van der Waals surface area contributed by atoms with Gasteiger partial charge in [-0.25, -0.2) is 4.68 Å². The maximum Gasteiger partial charge on any atom is 0.266 e. The number of aromatic nitrogens is 3. The van der Waals surface area contributed by atoms with Crippen LogP contribution in [-0.4, -0.2) is 63.2 Å². The Morgan fingerprint density at radius 1 is 1.18 bits per heavy atom. The Bertz CT molecular complexity index is 825. The molecule has 150 valence electrons. The van der Waals surface area contributed by atoms with Gasteiger partial charge in [0.1, 0.15) is 5.60 Å². The van der Waals surface area contributed by atoms with Crippen molar-refractivity contribution < 1.29 is 9.84 Å². The monoisotopic (exact) mass is 384 g/mol. The first-order valence-electron chi connectivity index (χ1n) is 10.1. The third-order valence-electron chi connectivity index (χ3n) is 5.80. The Balaban J connectivity index is 1.35. The van der Waals surface area contributed by atoms with Crippen LogP contribution in [0, 0.1) is 5.92 Å². The second-order valence-corrected chi connectivity index (χ2v) is 8.07. The van der Waals surface area contributed by atoms with Crippen molar-refractivity contribution in [1.29, 1.82) is 0 Å². The summed E-state index contributed by atoms with van der Waals surface area (Å²) in [5.41, 5.74) is 0.983. The van der Waals surface area contributed by atoms with Gasteiger partial charge in [0.25, 0.3) is 5.56 Å². The van der Waals surface area contributed by atoms with Gasteiger partial charge in [-0.15, -0.1) is 0 Å². The molecular weight excluding hydrogens is 356 g/mol. The minimum Gasteiger partial charge on any atom is -0.386 e. The van der Waals surface area contributed by atoms with Crippen LogP contribution in [0.5, 0.6) is 0 Å². The molecule has 0 spiro atoms. The summed E-state index contributed by atoms with van der Waals surface area (Å²) in [6.45, 7) is 4.38. The fourth-order valence-electron chi connectivity index (χ4n) is 4.21. The zero-order valence-corrected chi connectivity index (χ0v) is 16.2. The Kier molecular flexibility index (Phi) is 5.85. The molecule has 2 fully saturated rings. The predicted octanol–water partition coefficient (Wildman–Crippen LogP) is 1.56. The summed E-state index contributed by atoms with van der Waals surface area (Å²) in [5.74, 6) is 0.423. The minimum absolute atomic E-state index is 0.0612. The lowest BCUT2D eigenvalue weighted by molar-refractivity contribution is -0.103. The number of aliphatic hydroxyl groups is 1. The SMILES string of the molecule is O=c1ccc(-c2ccncc2)nn1CC1CCN(CC2(O)CCCOC2)CC1. The molecule has 4 rings (SSSR count). The molecule has 2 saturated heterocycles. The summed E-state index contributed by atoms with van der Waals surface area (Å²) in [4.78, 5) is 18.6. The fourth-order valence-corrected chi connectivity index (χ4v) is 4.21. The lowest BCUT2D eigenvalue weighted by Crippen LogP contribution is -2.50. The third kappa shape index (κ3) is 4.66. The van der Waals surface area contributed by atoms with Crippen molar-refractivity contribution in [2.45, 2.75) is 37.8 Å². The van der Waals surface area contributed by atoms with Gasteiger partial charge in [0.05, 0.1) is 12.3 Å². The predicted molar refractivity (Wildman–Crippen MR) is 106 cm³/mol. The molecule has 7 heteroatoms. The molecule has 2 aliphatic rings. The average molecular weight is 384 g/mol. The standard InChI is InChI=1S/C21H28N4O3/c26-20-3-2-19(18-4-9-22-10-5-18)23-25(20)14-17-6-11-24(12-7-17)15-21(27)8-1-13-28-16-21/h2-5,9-10,17,27H,1,6-8,11-16H2. The molecule has 0 radical (unpaired) electrons. The molecule has 7 nitrogen and oxygen atoms in total. The maximum atomic E-state index is 12.3. The fraction of sp³-hybridized carbons (Fsp3) is 0.571. The third-order valence-corrected chi connectivity index (χ3v) is 5.80. The van der Waals surface area contributed by atoms with Crippen LogP contribution in [0.1, 0.15) is 25.7 Å². The van der Waals surface area contributed by atoms with E-state index in [4.69, 9.17) is 4.74 Å². The number of rotatable bonds is 5. The van der Waals surface area contributed by atoms with Crippen LogP contribution in [0.25, 0.3) is 11.3 Å². The zero-order valence-electron chi connectivity index (χ0n) is 16.2. The first-order valence-corrected chi connectivity index (χ1v) is 10.1. The van der Waals surface area contributed by atoms with E-state index in [9.17, 15) is 9.90 Å². The lowest BCUT2D eigenvalue weighted by atomic mass is 9.92. The van der Waals surface area contributed by atoms with Crippen LogP contribution >= 0.6 is 0 Å². The molecule has 0 bridgehead atoms. The molecular formula is C21H28N4O3. The van der Waals surface area contributed by atoms with E-state index in [1.807, 2.05) is 12.1 Å². The highest BCUT2D eigenvalue weighted by molar-refractivity contribution is 5.56.